The molecule has 3 aromatic carbocycles. The Kier molecular flexibility index (Phi) is 6.41. The summed E-state index contributed by atoms with van der Waals surface area (Å²) in [6.45, 7) is 6.84. The third kappa shape index (κ3) is 4.67. The predicted octanol–water partition coefficient (Wildman–Crippen LogP) is 3.68. The number of fused-ring (bicyclic) bond motifs is 6. The number of para-hydroxylation sites is 1. The first kappa shape index (κ1) is 24.3. The van der Waals surface area contributed by atoms with E-state index < -0.39 is 6.04 Å². The summed E-state index contributed by atoms with van der Waals surface area (Å²) in [6.07, 6.45) is 0. The Morgan fingerprint density at radius 2 is 1.76 bits per heavy atom. The highest BCUT2D eigenvalue weighted by Crippen LogP contribution is 2.25. The number of hydrogen-bond acceptors (Lipinski definition) is 6. The van der Waals surface area contributed by atoms with E-state index >= 15 is 0 Å². The van der Waals surface area contributed by atoms with Crippen molar-refractivity contribution in [2.24, 2.45) is 5.92 Å². The second-order valence-electron chi connectivity index (χ2n) is 10.6. The molecule has 2 amide bonds. The van der Waals surface area contributed by atoms with Crippen molar-refractivity contribution in [2.75, 3.05) is 31.5 Å². The summed E-state index contributed by atoms with van der Waals surface area (Å²) < 4.78 is 0. The van der Waals surface area contributed by atoms with Crippen LogP contribution in [0.2, 0.25) is 0 Å². The fourth-order valence-corrected chi connectivity index (χ4v) is 5.48. The van der Waals surface area contributed by atoms with E-state index in [4.69, 9.17) is 9.97 Å². The van der Waals surface area contributed by atoms with Crippen LogP contribution < -0.4 is 10.6 Å². The van der Waals surface area contributed by atoms with Crippen LogP contribution in [-0.4, -0.2) is 69.8 Å². The lowest BCUT2D eigenvalue weighted by molar-refractivity contribution is -0.123. The van der Waals surface area contributed by atoms with Gasteiger partial charge in [0.25, 0.3) is 5.91 Å². The number of carbonyl (C=O) groups is 2. The lowest BCUT2D eigenvalue weighted by atomic mass is 10.0. The van der Waals surface area contributed by atoms with Crippen molar-refractivity contribution >= 4 is 39.3 Å². The zero-order chi connectivity index (χ0) is 26.2. The van der Waals surface area contributed by atoms with Crippen LogP contribution in [0.4, 0.5) is 5.82 Å². The molecule has 2 N–H and O–H groups in total. The molecule has 0 aliphatic carbocycles. The van der Waals surface area contributed by atoms with Crippen LogP contribution in [0.3, 0.4) is 0 Å². The van der Waals surface area contributed by atoms with Gasteiger partial charge >= 0.3 is 0 Å². The van der Waals surface area contributed by atoms with E-state index in [2.05, 4.69) is 15.5 Å². The molecule has 2 aliphatic heterocycles. The third-order valence-corrected chi connectivity index (χ3v) is 7.64. The minimum atomic E-state index is -0.438. The first-order valence-corrected chi connectivity index (χ1v) is 13.3. The van der Waals surface area contributed by atoms with Crippen molar-refractivity contribution < 1.29 is 9.59 Å². The highest BCUT2D eigenvalue weighted by Gasteiger charge is 2.33. The quantitative estimate of drug-likeness (QED) is 0.429. The Bertz CT molecular complexity index is 1520. The van der Waals surface area contributed by atoms with E-state index in [1.807, 2.05) is 85.5 Å². The van der Waals surface area contributed by atoms with Crippen LogP contribution >= 0.6 is 0 Å². The van der Waals surface area contributed by atoms with Crippen molar-refractivity contribution in [2.45, 2.75) is 32.5 Å². The van der Waals surface area contributed by atoms with Crippen LogP contribution in [0.5, 0.6) is 0 Å². The van der Waals surface area contributed by atoms with Crippen molar-refractivity contribution in [3.05, 3.63) is 78.1 Å². The summed E-state index contributed by atoms with van der Waals surface area (Å²) in [7, 11) is 0. The molecule has 8 heteroatoms. The number of piperazine rings is 1. The Morgan fingerprint density at radius 1 is 0.974 bits per heavy atom. The number of hydrogen-bond donors (Lipinski definition) is 2. The summed E-state index contributed by atoms with van der Waals surface area (Å²) in [5.74, 6) is 1.40. The molecule has 1 fully saturated rings. The maximum absolute atomic E-state index is 13.5. The van der Waals surface area contributed by atoms with E-state index in [9.17, 15) is 9.59 Å². The van der Waals surface area contributed by atoms with E-state index in [1.165, 1.54) is 0 Å². The van der Waals surface area contributed by atoms with Crippen LogP contribution in [0, 0.1) is 5.92 Å². The molecule has 2 bridgehead atoms. The first-order chi connectivity index (χ1) is 18.5. The summed E-state index contributed by atoms with van der Waals surface area (Å²) >= 11 is 0. The number of nitrogens with one attached hydrogen (secondary N) is 2. The van der Waals surface area contributed by atoms with Crippen molar-refractivity contribution in [1.29, 1.82) is 0 Å². The largest absolute Gasteiger partial charge is 0.358 e. The molecular formula is C30H32N6O2. The van der Waals surface area contributed by atoms with Crippen LogP contribution in [-0.2, 0) is 11.3 Å². The summed E-state index contributed by atoms with van der Waals surface area (Å²) in [6, 6.07) is 21.3. The molecule has 4 aromatic rings. The van der Waals surface area contributed by atoms with Crippen LogP contribution in [0.1, 0.15) is 30.0 Å². The van der Waals surface area contributed by atoms with Gasteiger partial charge in [-0.3, -0.25) is 14.5 Å². The van der Waals surface area contributed by atoms with Gasteiger partial charge in [-0.15, -0.1) is 0 Å². The normalized spacial score (nSPS) is 20.5. The number of aromatic nitrogens is 2. The standard InChI is InChI=1S/C30H32N6O2/c1-19(2)27-29(37)31-16-23-17-36(30(38)22-12-11-20-7-3-4-8-21(20)15-22)14-13-35(23)18-26-32-25-10-6-5-9-24(25)28(33-26)34-27/h3-12,15,19,23,27H,13-14,16-18H2,1-2H3,(H,31,37)(H,32,33,34)/t23?,27-/m0/s1. The smallest absolute Gasteiger partial charge is 0.253 e. The van der Waals surface area contributed by atoms with Crippen molar-refractivity contribution in [1.82, 2.24) is 25.1 Å². The van der Waals surface area contributed by atoms with Crippen molar-refractivity contribution in [3.63, 3.8) is 0 Å². The maximum Gasteiger partial charge on any atom is 0.253 e. The maximum atomic E-state index is 13.5. The molecule has 1 unspecified atom stereocenters. The fourth-order valence-electron chi connectivity index (χ4n) is 5.48. The SMILES string of the molecule is CC(C)[C@@H]1Nc2nc(nc3ccccc23)CN2CCN(C(=O)c3ccc4ccccc4c3)CC2CNC1=O. The molecule has 0 spiro atoms. The molecule has 0 saturated carbocycles. The van der Waals surface area contributed by atoms with Gasteiger partial charge in [-0.2, -0.15) is 0 Å². The molecule has 8 nitrogen and oxygen atoms in total. The van der Waals surface area contributed by atoms with Gasteiger partial charge in [-0.25, -0.2) is 9.97 Å². The summed E-state index contributed by atoms with van der Waals surface area (Å²) in [5, 5.41) is 9.63. The van der Waals surface area contributed by atoms with Gasteiger partial charge in [0.05, 0.1) is 12.1 Å². The van der Waals surface area contributed by atoms with E-state index in [1.54, 1.807) is 0 Å². The number of benzene rings is 3. The number of carbonyl (C=O) groups excluding carboxylic acids is 2. The van der Waals surface area contributed by atoms with Gasteiger partial charge in [0.1, 0.15) is 17.7 Å². The Balaban J connectivity index is 1.30. The van der Waals surface area contributed by atoms with Gasteiger partial charge < -0.3 is 15.5 Å². The van der Waals surface area contributed by atoms with Gasteiger partial charge in [-0.1, -0.05) is 56.3 Å². The molecule has 2 atom stereocenters. The zero-order valence-corrected chi connectivity index (χ0v) is 21.7. The highest BCUT2D eigenvalue weighted by atomic mass is 16.2. The fraction of sp³-hybridized carbons (Fsp3) is 0.333. The number of nitrogens with zero attached hydrogens (tertiary/aromatic N) is 4. The number of amides is 2. The Morgan fingerprint density at radius 3 is 2.61 bits per heavy atom. The second-order valence-corrected chi connectivity index (χ2v) is 10.6. The number of rotatable bonds is 2. The third-order valence-electron chi connectivity index (χ3n) is 7.64. The summed E-state index contributed by atoms with van der Waals surface area (Å²) in [5.41, 5.74) is 1.54. The van der Waals surface area contributed by atoms with Gasteiger partial charge in [0.2, 0.25) is 5.91 Å². The van der Waals surface area contributed by atoms with Crippen LogP contribution in [0.25, 0.3) is 21.7 Å². The molecule has 1 saturated heterocycles. The summed E-state index contributed by atoms with van der Waals surface area (Å²) in [4.78, 5) is 40.8. The minimum Gasteiger partial charge on any atom is -0.358 e. The lowest BCUT2D eigenvalue weighted by Crippen LogP contribution is -2.58. The van der Waals surface area contributed by atoms with Gasteiger partial charge in [-0.05, 0) is 41.0 Å². The molecule has 38 heavy (non-hydrogen) atoms. The molecule has 6 rings (SSSR count). The predicted molar refractivity (Wildman–Crippen MR) is 149 cm³/mol. The van der Waals surface area contributed by atoms with E-state index in [0.29, 0.717) is 49.9 Å². The van der Waals surface area contributed by atoms with Gasteiger partial charge in [0, 0.05) is 43.2 Å². The molecule has 2 aliphatic rings. The van der Waals surface area contributed by atoms with Crippen LogP contribution in [0.15, 0.2) is 66.7 Å². The van der Waals surface area contributed by atoms with E-state index in [-0.39, 0.29) is 23.8 Å². The van der Waals surface area contributed by atoms with Gasteiger partial charge in [0.15, 0.2) is 0 Å². The first-order valence-electron chi connectivity index (χ1n) is 13.3. The topological polar surface area (TPSA) is 90.5 Å². The molecule has 194 valence electrons. The monoisotopic (exact) mass is 508 g/mol. The lowest BCUT2D eigenvalue weighted by Gasteiger charge is -2.41. The average Bonchev–Trinajstić information content (AvgIpc) is 2.95. The van der Waals surface area contributed by atoms with E-state index in [0.717, 1.165) is 21.7 Å². The highest BCUT2D eigenvalue weighted by molar-refractivity contribution is 5.98. The average molecular weight is 509 g/mol. The second kappa shape index (κ2) is 10.0. The Hall–Kier alpha value is -4.04. The Labute approximate surface area is 222 Å². The van der Waals surface area contributed by atoms with Crippen molar-refractivity contribution in [3.8, 4) is 0 Å². The molecule has 1 aromatic heterocycles. The zero-order valence-electron chi connectivity index (χ0n) is 21.7. The number of anilines is 1. The molecule has 3 heterocycles. The molecular weight excluding hydrogens is 476 g/mol. The molecule has 0 radical (unpaired) electrons. The minimum absolute atomic E-state index is 0.0158.